The van der Waals surface area contributed by atoms with Gasteiger partial charge < -0.3 is 24.8 Å². The van der Waals surface area contributed by atoms with Crippen LogP contribution in [-0.4, -0.2) is 52.8 Å². The van der Waals surface area contributed by atoms with Gasteiger partial charge in [0.05, 0.1) is 27.4 Å². The Morgan fingerprint density at radius 1 is 1.04 bits per heavy atom. The van der Waals surface area contributed by atoms with Gasteiger partial charge in [-0.1, -0.05) is 12.1 Å². The fraction of sp³-hybridized carbons (Fsp3) is 0.500. The molecule has 23 heavy (non-hydrogen) atoms. The summed E-state index contributed by atoms with van der Waals surface area (Å²) >= 11 is 0. The highest BCUT2D eigenvalue weighted by atomic mass is 16.5. The molecule has 0 unspecified atom stereocenters. The van der Waals surface area contributed by atoms with Crippen molar-refractivity contribution in [1.82, 2.24) is 10.6 Å². The molecular weight excluding hydrogens is 300 g/mol. The number of benzene rings is 1. The normalized spacial score (nSPS) is 10.0. The van der Waals surface area contributed by atoms with E-state index in [-0.39, 0.29) is 24.8 Å². The highest BCUT2D eigenvalue weighted by Crippen LogP contribution is 2.31. The largest absolute Gasteiger partial charge is 0.493 e. The SMILES string of the molecule is COCCNC(=O)CNC(=O)CCc1cccc(OC)c1OC. The first-order chi connectivity index (χ1) is 11.1. The number of para-hydroxylation sites is 1. The quantitative estimate of drug-likeness (QED) is 0.613. The monoisotopic (exact) mass is 324 g/mol. The Balaban J connectivity index is 2.40. The molecule has 0 aliphatic carbocycles. The summed E-state index contributed by atoms with van der Waals surface area (Å²) in [5, 5.41) is 5.21. The van der Waals surface area contributed by atoms with Gasteiger partial charge in [0.2, 0.25) is 11.8 Å². The van der Waals surface area contributed by atoms with Crippen molar-refractivity contribution in [1.29, 1.82) is 0 Å². The zero-order chi connectivity index (χ0) is 17.1. The highest BCUT2D eigenvalue weighted by Gasteiger charge is 2.11. The van der Waals surface area contributed by atoms with Gasteiger partial charge in [-0.2, -0.15) is 0 Å². The van der Waals surface area contributed by atoms with E-state index in [1.165, 1.54) is 0 Å². The van der Waals surface area contributed by atoms with E-state index in [9.17, 15) is 9.59 Å². The van der Waals surface area contributed by atoms with Crippen LogP contribution in [0.2, 0.25) is 0 Å². The summed E-state index contributed by atoms with van der Waals surface area (Å²) in [6.45, 7) is 0.819. The molecule has 7 heteroatoms. The van der Waals surface area contributed by atoms with E-state index in [1.807, 2.05) is 12.1 Å². The molecule has 128 valence electrons. The molecule has 0 saturated heterocycles. The zero-order valence-electron chi connectivity index (χ0n) is 13.8. The number of aryl methyl sites for hydroxylation is 1. The number of hydrogen-bond donors (Lipinski definition) is 2. The number of hydrogen-bond acceptors (Lipinski definition) is 5. The lowest BCUT2D eigenvalue weighted by Gasteiger charge is -2.12. The van der Waals surface area contributed by atoms with Crippen LogP contribution < -0.4 is 20.1 Å². The van der Waals surface area contributed by atoms with Crippen LogP contribution in [0, 0.1) is 0 Å². The first-order valence-electron chi connectivity index (χ1n) is 7.34. The maximum atomic E-state index is 11.8. The minimum Gasteiger partial charge on any atom is -0.493 e. The molecule has 0 aliphatic heterocycles. The molecule has 0 bridgehead atoms. The van der Waals surface area contributed by atoms with Crippen LogP contribution in [0.5, 0.6) is 11.5 Å². The van der Waals surface area contributed by atoms with Crippen molar-refractivity contribution in [3.63, 3.8) is 0 Å². The standard InChI is InChI=1S/C16H24N2O5/c1-21-10-9-17-15(20)11-18-14(19)8-7-12-5-4-6-13(22-2)16(12)23-3/h4-6H,7-11H2,1-3H3,(H,17,20)(H,18,19). The van der Waals surface area contributed by atoms with Gasteiger partial charge in [0.1, 0.15) is 0 Å². The molecule has 0 fully saturated rings. The fourth-order valence-corrected chi connectivity index (χ4v) is 2.02. The minimum atomic E-state index is -0.241. The molecule has 2 amide bonds. The van der Waals surface area contributed by atoms with Crippen molar-refractivity contribution in [2.45, 2.75) is 12.8 Å². The Bertz CT molecular complexity index is 519. The molecule has 1 rings (SSSR count). The van der Waals surface area contributed by atoms with Gasteiger partial charge in [-0.3, -0.25) is 9.59 Å². The molecule has 1 aromatic carbocycles. The van der Waals surface area contributed by atoms with Gasteiger partial charge in [-0.25, -0.2) is 0 Å². The first kappa shape index (κ1) is 18.8. The van der Waals surface area contributed by atoms with Crippen LogP contribution >= 0.6 is 0 Å². The molecule has 0 radical (unpaired) electrons. The van der Waals surface area contributed by atoms with E-state index in [4.69, 9.17) is 14.2 Å². The van der Waals surface area contributed by atoms with Crippen molar-refractivity contribution < 1.29 is 23.8 Å². The van der Waals surface area contributed by atoms with E-state index >= 15 is 0 Å². The molecular formula is C16H24N2O5. The summed E-state index contributed by atoms with van der Waals surface area (Å²) in [6, 6.07) is 5.52. The van der Waals surface area contributed by atoms with Gasteiger partial charge in [0.25, 0.3) is 0 Å². The summed E-state index contributed by atoms with van der Waals surface area (Å²) in [6.07, 6.45) is 0.756. The number of ether oxygens (including phenoxy) is 3. The number of carbonyl (C=O) groups excluding carboxylic acids is 2. The zero-order valence-corrected chi connectivity index (χ0v) is 13.8. The van der Waals surface area contributed by atoms with Crippen LogP contribution in [0.4, 0.5) is 0 Å². The molecule has 2 N–H and O–H groups in total. The highest BCUT2D eigenvalue weighted by molar-refractivity contribution is 5.84. The van der Waals surface area contributed by atoms with Gasteiger partial charge in [-0.15, -0.1) is 0 Å². The lowest BCUT2D eigenvalue weighted by molar-refractivity contribution is -0.126. The molecule has 0 aromatic heterocycles. The Labute approximate surface area is 136 Å². The lowest BCUT2D eigenvalue weighted by Crippen LogP contribution is -2.38. The third kappa shape index (κ3) is 6.56. The van der Waals surface area contributed by atoms with Crippen LogP contribution in [0.25, 0.3) is 0 Å². The second-order valence-corrected chi connectivity index (χ2v) is 4.77. The van der Waals surface area contributed by atoms with E-state index in [0.717, 1.165) is 5.56 Å². The Morgan fingerprint density at radius 2 is 1.83 bits per heavy atom. The summed E-state index contributed by atoms with van der Waals surface area (Å²) in [4.78, 5) is 23.3. The second-order valence-electron chi connectivity index (χ2n) is 4.77. The number of amides is 2. The van der Waals surface area contributed by atoms with E-state index in [1.54, 1.807) is 27.4 Å². The van der Waals surface area contributed by atoms with E-state index in [2.05, 4.69) is 10.6 Å². The van der Waals surface area contributed by atoms with Crippen molar-refractivity contribution in [2.24, 2.45) is 0 Å². The average Bonchev–Trinajstić information content (AvgIpc) is 2.57. The number of methoxy groups -OCH3 is 3. The number of rotatable bonds is 10. The molecule has 0 saturated carbocycles. The summed E-state index contributed by atoms with van der Waals surface area (Å²) < 4.78 is 15.4. The van der Waals surface area contributed by atoms with Crippen LogP contribution in [0.3, 0.4) is 0 Å². The van der Waals surface area contributed by atoms with E-state index in [0.29, 0.717) is 31.1 Å². The molecule has 7 nitrogen and oxygen atoms in total. The van der Waals surface area contributed by atoms with Gasteiger partial charge in [0.15, 0.2) is 11.5 Å². The smallest absolute Gasteiger partial charge is 0.239 e. The van der Waals surface area contributed by atoms with Crippen LogP contribution in [0.1, 0.15) is 12.0 Å². The second kappa shape index (κ2) is 10.4. The Hall–Kier alpha value is -2.28. The maximum Gasteiger partial charge on any atom is 0.239 e. The lowest BCUT2D eigenvalue weighted by atomic mass is 10.1. The van der Waals surface area contributed by atoms with Gasteiger partial charge in [-0.05, 0) is 18.1 Å². The summed E-state index contributed by atoms with van der Waals surface area (Å²) in [7, 11) is 4.68. The molecule has 0 spiro atoms. The Morgan fingerprint density at radius 3 is 2.48 bits per heavy atom. The first-order valence-corrected chi connectivity index (χ1v) is 7.34. The van der Waals surface area contributed by atoms with Crippen LogP contribution in [0.15, 0.2) is 18.2 Å². The maximum absolute atomic E-state index is 11.8. The Kier molecular flexibility index (Phi) is 8.52. The van der Waals surface area contributed by atoms with Crippen LogP contribution in [-0.2, 0) is 20.7 Å². The summed E-state index contributed by atoms with van der Waals surface area (Å²) in [5.74, 6) is 0.814. The van der Waals surface area contributed by atoms with Gasteiger partial charge in [0, 0.05) is 20.1 Å². The predicted molar refractivity (Wildman–Crippen MR) is 85.8 cm³/mol. The van der Waals surface area contributed by atoms with E-state index < -0.39 is 0 Å². The molecule has 1 aromatic rings. The fourth-order valence-electron chi connectivity index (χ4n) is 2.02. The third-order valence-corrected chi connectivity index (χ3v) is 3.18. The minimum absolute atomic E-state index is 0.0439. The third-order valence-electron chi connectivity index (χ3n) is 3.18. The van der Waals surface area contributed by atoms with Gasteiger partial charge >= 0.3 is 0 Å². The van der Waals surface area contributed by atoms with Crippen molar-refractivity contribution in [2.75, 3.05) is 41.0 Å². The average molecular weight is 324 g/mol. The van der Waals surface area contributed by atoms with Crippen molar-refractivity contribution >= 4 is 11.8 Å². The molecule has 0 heterocycles. The van der Waals surface area contributed by atoms with Crippen molar-refractivity contribution in [3.05, 3.63) is 23.8 Å². The molecule has 0 atom stereocenters. The summed E-state index contributed by atoms with van der Waals surface area (Å²) in [5.41, 5.74) is 0.881. The topological polar surface area (TPSA) is 85.9 Å². The molecule has 0 aliphatic rings. The predicted octanol–water partition coefficient (Wildman–Crippen LogP) is 0.515. The number of carbonyl (C=O) groups is 2. The number of nitrogens with one attached hydrogen (secondary N) is 2. The van der Waals surface area contributed by atoms with Crippen molar-refractivity contribution in [3.8, 4) is 11.5 Å².